The zero-order valence-corrected chi connectivity index (χ0v) is 16.8. The van der Waals surface area contributed by atoms with Crippen molar-refractivity contribution in [3.8, 4) is 11.3 Å². The topological polar surface area (TPSA) is 54.2 Å². The zero-order chi connectivity index (χ0) is 16.9. The quantitative estimate of drug-likeness (QED) is 0.576. The lowest BCUT2D eigenvalue weighted by atomic mass is 10.1. The van der Waals surface area contributed by atoms with Crippen molar-refractivity contribution in [3.63, 3.8) is 0 Å². The minimum atomic E-state index is 0. The van der Waals surface area contributed by atoms with E-state index in [2.05, 4.69) is 58.2 Å². The van der Waals surface area contributed by atoms with E-state index in [1.807, 2.05) is 28.9 Å². The van der Waals surface area contributed by atoms with Gasteiger partial charge in [-0.1, -0.05) is 60.7 Å². The molecule has 2 N–H and O–H groups in total. The molecule has 0 bridgehead atoms. The van der Waals surface area contributed by atoms with Gasteiger partial charge in [0.05, 0.1) is 18.8 Å². The molecule has 5 nitrogen and oxygen atoms in total. The largest absolute Gasteiger partial charge is 0.355 e. The number of aromatic nitrogens is 2. The van der Waals surface area contributed by atoms with Crippen molar-refractivity contribution >= 4 is 29.9 Å². The van der Waals surface area contributed by atoms with E-state index in [0.29, 0.717) is 6.54 Å². The Labute approximate surface area is 170 Å². The molecule has 3 aromatic rings. The van der Waals surface area contributed by atoms with Crippen LogP contribution < -0.4 is 10.6 Å². The Morgan fingerprint density at radius 1 is 1.00 bits per heavy atom. The molecule has 0 aliphatic carbocycles. The highest BCUT2D eigenvalue weighted by Crippen LogP contribution is 2.22. The molecule has 1 aliphatic rings. The molecule has 0 atom stereocenters. The third-order valence-corrected chi connectivity index (χ3v) is 4.19. The van der Waals surface area contributed by atoms with Crippen LogP contribution >= 0.6 is 24.0 Å². The number of hydrogen-bond donors (Lipinski definition) is 2. The number of nitrogens with zero attached hydrogens (tertiary/aromatic N) is 3. The summed E-state index contributed by atoms with van der Waals surface area (Å²) >= 11 is 0. The SMILES string of the molecule is I.c1ccc(Cn2cc(CNC3=NCCN3)c(-c3ccccc3)n2)cc1. The summed E-state index contributed by atoms with van der Waals surface area (Å²) in [6.45, 7) is 3.20. The monoisotopic (exact) mass is 459 g/mol. The molecule has 2 aromatic carbocycles. The minimum absolute atomic E-state index is 0. The summed E-state index contributed by atoms with van der Waals surface area (Å²) in [6.07, 6.45) is 2.12. The highest BCUT2D eigenvalue weighted by molar-refractivity contribution is 14.0. The molecule has 134 valence electrons. The Kier molecular flexibility index (Phi) is 6.27. The normalized spacial score (nSPS) is 12.8. The molecule has 0 unspecified atom stereocenters. The maximum Gasteiger partial charge on any atom is 0.191 e. The van der Waals surface area contributed by atoms with Crippen LogP contribution in [0.4, 0.5) is 0 Å². The molecule has 0 spiro atoms. The Morgan fingerprint density at radius 3 is 2.42 bits per heavy atom. The smallest absolute Gasteiger partial charge is 0.191 e. The van der Waals surface area contributed by atoms with Gasteiger partial charge in [0.15, 0.2) is 5.96 Å². The average Bonchev–Trinajstić information content (AvgIpc) is 3.31. The van der Waals surface area contributed by atoms with Gasteiger partial charge in [0.1, 0.15) is 0 Å². The summed E-state index contributed by atoms with van der Waals surface area (Å²) < 4.78 is 2.01. The van der Waals surface area contributed by atoms with E-state index in [0.717, 1.165) is 36.9 Å². The van der Waals surface area contributed by atoms with Gasteiger partial charge in [0, 0.05) is 30.4 Å². The van der Waals surface area contributed by atoms with Crippen LogP contribution in [-0.2, 0) is 13.1 Å². The molecular weight excluding hydrogens is 437 g/mol. The van der Waals surface area contributed by atoms with Gasteiger partial charge < -0.3 is 10.6 Å². The summed E-state index contributed by atoms with van der Waals surface area (Å²) in [5.74, 6) is 0.870. The third-order valence-electron chi connectivity index (χ3n) is 4.19. The van der Waals surface area contributed by atoms with Crippen LogP contribution in [0.1, 0.15) is 11.1 Å². The summed E-state index contributed by atoms with van der Waals surface area (Å²) in [5.41, 5.74) is 4.56. The third kappa shape index (κ3) is 4.43. The van der Waals surface area contributed by atoms with E-state index >= 15 is 0 Å². The second kappa shape index (κ2) is 8.84. The number of halogens is 1. The first-order valence-corrected chi connectivity index (χ1v) is 8.56. The van der Waals surface area contributed by atoms with Gasteiger partial charge in [0.2, 0.25) is 0 Å². The lowest BCUT2D eigenvalue weighted by molar-refractivity contribution is 0.688. The number of aliphatic imine (C=N–C) groups is 1. The molecule has 0 saturated carbocycles. The first-order chi connectivity index (χ1) is 12.4. The first-order valence-electron chi connectivity index (χ1n) is 8.56. The van der Waals surface area contributed by atoms with Crippen molar-refractivity contribution in [2.75, 3.05) is 13.1 Å². The predicted octanol–water partition coefficient (Wildman–Crippen LogP) is 3.27. The van der Waals surface area contributed by atoms with E-state index in [1.165, 1.54) is 11.1 Å². The Balaban J connectivity index is 0.00000196. The molecule has 0 radical (unpaired) electrons. The number of rotatable bonds is 5. The molecule has 2 heterocycles. The molecule has 0 saturated heterocycles. The van der Waals surface area contributed by atoms with Gasteiger partial charge in [-0.25, -0.2) is 0 Å². The molecule has 6 heteroatoms. The fourth-order valence-corrected chi connectivity index (χ4v) is 2.98. The highest BCUT2D eigenvalue weighted by Gasteiger charge is 2.13. The van der Waals surface area contributed by atoms with Crippen LogP contribution in [0.2, 0.25) is 0 Å². The van der Waals surface area contributed by atoms with Gasteiger partial charge in [0.25, 0.3) is 0 Å². The van der Waals surface area contributed by atoms with Gasteiger partial charge in [-0.3, -0.25) is 9.67 Å². The van der Waals surface area contributed by atoms with Crippen molar-refractivity contribution in [2.24, 2.45) is 4.99 Å². The van der Waals surface area contributed by atoms with Crippen molar-refractivity contribution < 1.29 is 0 Å². The number of nitrogens with one attached hydrogen (secondary N) is 2. The summed E-state index contributed by atoms with van der Waals surface area (Å²) in [5, 5.41) is 11.5. The van der Waals surface area contributed by atoms with Crippen LogP contribution in [0, 0.1) is 0 Å². The summed E-state index contributed by atoms with van der Waals surface area (Å²) in [4.78, 5) is 4.39. The standard InChI is InChI=1S/C20H21N5.HI/c1-3-7-16(8-4-1)14-25-15-18(13-23-20-21-11-12-22-20)19(24-25)17-9-5-2-6-10-17;/h1-10,15H,11-14H2,(H2,21,22,23);1H. The fourth-order valence-electron chi connectivity index (χ4n) is 2.98. The molecular formula is C20H22IN5. The molecule has 1 aliphatic heterocycles. The maximum atomic E-state index is 4.84. The summed E-state index contributed by atoms with van der Waals surface area (Å²) in [6, 6.07) is 20.7. The maximum absolute atomic E-state index is 4.84. The lowest BCUT2D eigenvalue weighted by Gasteiger charge is -2.06. The zero-order valence-electron chi connectivity index (χ0n) is 14.4. The van der Waals surface area contributed by atoms with E-state index < -0.39 is 0 Å². The predicted molar refractivity (Wildman–Crippen MR) is 116 cm³/mol. The van der Waals surface area contributed by atoms with Crippen molar-refractivity contribution in [1.29, 1.82) is 0 Å². The molecule has 0 fully saturated rings. The number of benzene rings is 2. The van der Waals surface area contributed by atoms with Crippen molar-refractivity contribution in [2.45, 2.75) is 13.1 Å². The van der Waals surface area contributed by atoms with Crippen LogP contribution in [0.25, 0.3) is 11.3 Å². The summed E-state index contributed by atoms with van der Waals surface area (Å²) in [7, 11) is 0. The Bertz CT molecular complexity index is 858. The lowest BCUT2D eigenvalue weighted by Crippen LogP contribution is -2.33. The van der Waals surface area contributed by atoms with E-state index in [4.69, 9.17) is 5.10 Å². The van der Waals surface area contributed by atoms with Gasteiger partial charge in [-0.05, 0) is 5.56 Å². The molecule has 4 rings (SSSR count). The van der Waals surface area contributed by atoms with Crippen LogP contribution in [0.15, 0.2) is 71.9 Å². The number of hydrogen-bond acceptors (Lipinski definition) is 4. The van der Waals surface area contributed by atoms with E-state index in [-0.39, 0.29) is 24.0 Å². The van der Waals surface area contributed by atoms with Crippen LogP contribution in [0.3, 0.4) is 0 Å². The Morgan fingerprint density at radius 2 is 1.73 bits per heavy atom. The van der Waals surface area contributed by atoms with Gasteiger partial charge in [-0.2, -0.15) is 5.10 Å². The molecule has 26 heavy (non-hydrogen) atoms. The highest BCUT2D eigenvalue weighted by atomic mass is 127. The van der Waals surface area contributed by atoms with Crippen LogP contribution in [0.5, 0.6) is 0 Å². The van der Waals surface area contributed by atoms with Gasteiger partial charge >= 0.3 is 0 Å². The van der Waals surface area contributed by atoms with E-state index in [1.54, 1.807) is 0 Å². The van der Waals surface area contributed by atoms with Crippen molar-refractivity contribution in [3.05, 3.63) is 78.0 Å². The van der Waals surface area contributed by atoms with Crippen LogP contribution in [-0.4, -0.2) is 28.8 Å². The second-order valence-corrected chi connectivity index (χ2v) is 6.06. The number of guanidine groups is 1. The minimum Gasteiger partial charge on any atom is -0.355 e. The van der Waals surface area contributed by atoms with E-state index in [9.17, 15) is 0 Å². The molecule has 0 amide bonds. The first kappa shape index (κ1) is 18.4. The Hall–Kier alpha value is -2.35. The second-order valence-electron chi connectivity index (χ2n) is 6.06. The molecule has 1 aromatic heterocycles. The van der Waals surface area contributed by atoms with Crippen molar-refractivity contribution in [1.82, 2.24) is 20.4 Å². The average molecular weight is 459 g/mol. The fraction of sp³-hybridized carbons (Fsp3) is 0.200. The van der Waals surface area contributed by atoms with Gasteiger partial charge in [-0.15, -0.1) is 24.0 Å².